The molecule has 37 heavy (non-hydrogen) atoms. The number of ether oxygens (including phenoxy) is 2. The number of benzene rings is 1. The molecule has 1 saturated carbocycles. The van der Waals surface area contributed by atoms with Gasteiger partial charge in [0, 0.05) is 28.8 Å². The molecule has 1 aliphatic carbocycles. The summed E-state index contributed by atoms with van der Waals surface area (Å²) in [6.07, 6.45) is 2.85. The molecule has 2 fully saturated rings. The molecule has 1 saturated heterocycles. The van der Waals surface area contributed by atoms with Crippen molar-refractivity contribution in [2.24, 2.45) is 0 Å². The van der Waals surface area contributed by atoms with Crippen molar-refractivity contribution in [3.05, 3.63) is 58.4 Å². The molecule has 0 spiro atoms. The second-order valence-electron chi connectivity index (χ2n) is 9.42. The zero-order valence-electron chi connectivity index (χ0n) is 20.3. The number of thiazole rings is 1. The minimum atomic E-state index is -4.58. The lowest BCUT2D eigenvalue weighted by Crippen LogP contribution is -2.27. The summed E-state index contributed by atoms with van der Waals surface area (Å²) >= 11 is 1.62. The molecule has 7 nitrogen and oxygen atoms in total. The number of halogens is 3. The van der Waals surface area contributed by atoms with Crippen LogP contribution in [0.5, 0.6) is 5.75 Å². The first-order chi connectivity index (χ1) is 17.8. The first-order valence-corrected chi connectivity index (χ1v) is 13.1. The van der Waals surface area contributed by atoms with Gasteiger partial charge in [-0.1, -0.05) is 6.42 Å². The summed E-state index contributed by atoms with van der Waals surface area (Å²) in [4.78, 5) is 19.0. The van der Waals surface area contributed by atoms with Crippen LogP contribution in [-0.4, -0.2) is 40.4 Å². The van der Waals surface area contributed by atoms with Gasteiger partial charge in [-0.25, -0.2) is 4.98 Å². The number of carbonyl (C=O) groups excluding carboxylic acids is 1. The van der Waals surface area contributed by atoms with E-state index in [4.69, 9.17) is 9.47 Å². The van der Waals surface area contributed by atoms with Gasteiger partial charge < -0.3 is 14.8 Å². The van der Waals surface area contributed by atoms with Crippen molar-refractivity contribution < 1.29 is 27.4 Å². The number of alkyl halides is 3. The monoisotopic (exact) mass is 532 g/mol. The lowest BCUT2D eigenvalue weighted by Gasteiger charge is -2.23. The Balaban J connectivity index is 1.35. The van der Waals surface area contributed by atoms with Crippen LogP contribution >= 0.6 is 11.3 Å². The Morgan fingerprint density at radius 1 is 1.19 bits per heavy atom. The maximum Gasteiger partial charge on any atom is 0.435 e. The Morgan fingerprint density at radius 2 is 2.03 bits per heavy atom. The second-order valence-corrected chi connectivity index (χ2v) is 10.5. The number of rotatable bonds is 8. The predicted octanol–water partition coefficient (Wildman–Crippen LogP) is 5.94. The standard InChI is InChI=1S/C26H27F3N4O3S/c1-15(21-7-8-23(33-32-21)26(27,28)29)31-24(34)17-10-18(25-30-13-22(37-25)16-4-2-5-16)12-20(11-17)36-14-19-6-3-9-35-19/h7-8,10-13,15-16,19H,2-6,9,14H2,1H3,(H,31,34)/t15-,19+/m1/s1. The van der Waals surface area contributed by atoms with Crippen LogP contribution in [0.2, 0.25) is 0 Å². The topological polar surface area (TPSA) is 86.2 Å². The molecule has 2 aliphatic rings. The van der Waals surface area contributed by atoms with E-state index in [1.165, 1.54) is 30.2 Å². The van der Waals surface area contributed by atoms with E-state index in [1.807, 2.05) is 12.3 Å². The van der Waals surface area contributed by atoms with Gasteiger partial charge in [0.2, 0.25) is 0 Å². The van der Waals surface area contributed by atoms with Crippen molar-refractivity contribution in [3.8, 4) is 16.3 Å². The molecule has 0 unspecified atom stereocenters. The van der Waals surface area contributed by atoms with Gasteiger partial charge in [0.1, 0.15) is 17.4 Å². The van der Waals surface area contributed by atoms with E-state index in [0.29, 0.717) is 23.8 Å². The molecular weight excluding hydrogens is 505 g/mol. The van der Waals surface area contributed by atoms with E-state index in [1.54, 1.807) is 30.4 Å². The van der Waals surface area contributed by atoms with Crippen LogP contribution in [0.15, 0.2) is 36.5 Å². The van der Waals surface area contributed by atoms with Crippen molar-refractivity contribution in [2.75, 3.05) is 13.2 Å². The van der Waals surface area contributed by atoms with Crippen LogP contribution in [0.25, 0.3) is 10.6 Å². The zero-order valence-corrected chi connectivity index (χ0v) is 21.1. The molecular formula is C26H27F3N4O3S. The quantitative estimate of drug-likeness (QED) is 0.387. The van der Waals surface area contributed by atoms with Crippen molar-refractivity contribution in [3.63, 3.8) is 0 Å². The maximum atomic E-state index is 13.2. The SMILES string of the molecule is C[C@@H](NC(=O)c1cc(OC[C@@H]2CCCO2)cc(-c2ncc(C3CCC3)s2)c1)c1ccc(C(F)(F)F)nn1. The second kappa shape index (κ2) is 10.7. The average molecular weight is 533 g/mol. The Hall–Kier alpha value is -3.05. The summed E-state index contributed by atoms with van der Waals surface area (Å²) in [7, 11) is 0. The van der Waals surface area contributed by atoms with Gasteiger partial charge in [0.25, 0.3) is 5.91 Å². The highest BCUT2D eigenvalue weighted by Gasteiger charge is 2.33. The number of nitrogens with one attached hydrogen (secondary N) is 1. The number of nitrogens with zero attached hydrogens (tertiary/aromatic N) is 3. The van der Waals surface area contributed by atoms with E-state index >= 15 is 0 Å². The lowest BCUT2D eigenvalue weighted by molar-refractivity contribution is -0.141. The van der Waals surface area contributed by atoms with E-state index < -0.39 is 23.8 Å². The molecule has 3 aromatic rings. The summed E-state index contributed by atoms with van der Waals surface area (Å²) < 4.78 is 50.1. The predicted molar refractivity (Wildman–Crippen MR) is 132 cm³/mol. The Labute approximate surface area is 216 Å². The first kappa shape index (κ1) is 25.6. The number of hydrogen-bond acceptors (Lipinski definition) is 7. The summed E-state index contributed by atoms with van der Waals surface area (Å²) in [6, 6.07) is 6.69. The molecule has 5 rings (SSSR count). The summed E-state index contributed by atoms with van der Waals surface area (Å²) in [6.45, 7) is 2.74. The van der Waals surface area contributed by atoms with Crippen molar-refractivity contribution >= 4 is 17.2 Å². The molecule has 2 atom stereocenters. The van der Waals surface area contributed by atoms with E-state index in [2.05, 4.69) is 20.5 Å². The maximum absolute atomic E-state index is 13.2. The van der Waals surface area contributed by atoms with Crippen molar-refractivity contribution in [1.82, 2.24) is 20.5 Å². The lowest BCUT2D eigenvalue weighted by atomic mass is 9.85. The fourth-order valence-electron chi connectivity index (χ4n) is 4.28. The molecule has 3 heterocycles. The molecule has 11 heteroatoms. The smallest absolute Gasteiger partial charge is 0.435 e. The van der Waals surface area contributed by atoms with Crippen molar-refractivity contribution in [2.45, 2.75) is 63.3 Å². The third kappa shape index (κ3) is 6.10. The minimum absolute atomic E-state index is 0.0179. The largest absolute Gasteiger partial charge is 0.491 e. The average Bonchev–Trinajstić information content (AvgIpc) is 3.54. The molecule has 1 N–H and O–H groups in total. The number of aromatic nitrogens is 3. The van der Waals surface area contributed by atoms with Gasteiger partial charge in [-0.2, -0.15) is 18.3 Å². The third-order valence-electron chi connectivity index (χ3n) is 6.67. The molecule has 1 aliphatic heterocycles. The fraction of sp³-hybridized carbons (Fsp3) is 0.462. The van der Waals surface area contributed by atoms with E-state index in [0.717, 1.165) is 36.1 Å². The molecule has 196 valence electrons. The van der Waals surface area contributed by atoms with Crippen LogP contribution in [0.3, 0.4) is 0 Å². The fourth-order valence-corrected chi connectivity index (χ4v) is 5.35. The van der Waals surface area contributed by atoms with Gasteiger partial charge in [-0.05, 0) is 68.9 Å². The summed E-state index contributed by atoms with van der Waals surface area (Å²) in [5.41, 5.74) is 0.261. The van der Waals surface area contributed by atoms with Crippen LogP contribution in [0.1, 0.15) is 77.6 Å². The number of hydrogen-bond donors (Lipinski definition) is 1. The summed E-state index contributed by atoms with van der Waals surface area (Å²) in [5, 5.41) is 10.5. The van der Waals surface area contributed by atoms with E-state index in [9.17, 15) is 18.0 Å². The molecule has 1 amide bonds. The van der Waals surface area contributed by atoms with Crippen LogP contribution in [-0.2, 0) is 10.9 Å². The van der Waals surface area contributed by atoms with Gasteiger partial charge >= 0.3 is 6.18 Å². The molecule has 2 aromatic heterocycles. The van der Waals surface area contributed by atoms with Crippen LogP contribution in [0, 0.1) is 0 Å². The minimum Gasteiger partial charge on any atom is -0.491 e. The first-order valence-electron chi connectivity index (χ1n) is 12.3. The number of carbonyl (C=O) groups is 1. The normalized spacial score (nSPS) is 18.9. The van der Waals surface area contributed by atoms with E-state index in [-0.39, 0.29) is 11.8 Å². The highest BCUT2D eigenvalue weighted by atomic mass is 32.1. The third-order valence-corrected chi connectivity index (χ3v) is 7.88. The molecule has 0 bridgehead atoms. The van der Waals surface area contributed by atoms with Gasteiger partial charge in [-0.15, -0.1) is 16.4 Å². The van der Waals surface area contributed by atoms with Gasteiger partial charge in [0.05, 0.1) is 17.8 Å². The Morgan fingerprint density at radius 3 is 2.68 bits per heavy atom. The Kier molecular flexibility index (Phi) is 7.43. The van der Waals surface area contributed by atoms with Crippen LogP contribution < -0.4 is 10.1 Å². The Bertz CT molecular complexity index is 1240. The van der Waals surface area contributed by atoms with Gasteiger partial charge in [0.15, 0.2) is 5.69 Å². The van der Waals surface area contributed by atoms with Crippen molar-refractivity contribution in [1.29, 1.82) is 0 Å². The summed E-state index contributed by atoms with van der Waals surface area (Å²) in [5.74, 6) is 0.674. The van der Waals surface area contributed by atoms with Gasteiger partial charge in [-0.3, -0.25) is 4.79 Å². The highest BCUT2D eigenvalue weighted by Crippen LogP contribution is 2.41. The number of amides is 1. The highest BCUT2D eigenvalue weighted by molar-refractivity contribution is 7.15. The molecule has 1 aromatic carbocycles. The zero-order chi connectivity index (χ0) is 26.0. The van der Waals surface area contributed by atoms with Crippen LogP contribution in [0.4, 0.5) is 13.2 Å². The molecule has 0 radical (unpaired) electrons.